The third kappa shape index (κ3) is 5.05. The highest BCUT2D eigenvalue weighted by atomic mass is 35.5. The third-order valence-corrected chi connectivity index (χ3v) is 5.60. The number of carbonyl (C=O) groups excluding carboxylic acids is 1. The summed E-state index contributed by atoms with van der Waals surface area (Å²) in [5.74, 6) is -1.13. The number of hydrogen-bond acceptors (Lipinski definition) is 6. The summed E-state index contributed by atoms with van der Waals surface area (Å²) in [6.07, 6.45) is 0.586. The largest absolute Gasteiger partial charge is 0.383 e. The highest BCUT2D eigenvalue weighted by Gasteiger charge is 2.30. The van der Waals surface area contributed by atoms with Crippen LogP contribution in [0.25, 0.3) is 0 Å². The van der Waals surface area contributed by atoms with Crippen LogP contribution >= 0.6 is 11.6 Å². The summed E-state index contributed by atoms with van der Waals surface area (Å²) >= 11 is 6.53. The van der Waals surface area contributed by atoms with Gasteiger partial charge in [-0.05, 0) is 31.0 Å². The number of rotatable bonds is 9. The molecule has 0 fully saturated rings. The van der Waals surface area contributed by atoms with Gasteiger partial charge in [-0.3, -0.25) is 24.0 Å². The predicted octanol–water partition coefficient (Wildman–Crippen LogP) is 2.17. The van der Waals surface area contributed by atoms with Crippen LogP contribution in [-0.4, -0.2) is 45.5 Å². The van der Waals surface area contributed by atoms with Crippen molar-refractivity contribution >= 4 is 29.0 Å². The maximum Gasteiger partial charge on any atom is 0.330 e. The van der Waals surface area contributed by atoms with Gasteiger partial charge >= 0.3 is 5.69 Å². The topological polar surface area (TPSA) is 128 Å². The first-order valence-corrected chi connectivity index (χ1v) is 11.0. The van der Waals surface area contributed by atoms with Gasteiger partial charge in [0.25, 0.3) is 11.5 Å². The Balaban J connectivity index is 2.07. The lowest BCUT2D eigenvalue weighted by Crippen LogP contribution is -2.42. The molecule has 1 amide bonds. The quantitative estimate of drug-likeness (QED) is 0.471. The lowest BCUT2D eigenvalue weighted by molar-refractivity contribution is 0.0975. The summed E-state index contributed by atoms with van der Waals surface area (Å²) in [7, 11) is 1.45. The van der Waals surface area contributed by atoms with E-state index in [1.54, 1.807) is 19.1 Å². The minimum absolute atomic E-state index is 0.0220. The number of ether oxygens (including phenoxy) is 1. The second-order valence-electron chi connectivity index (χ2n) is 7.63. The van der Waals surface area contributed by atoms with E-state index in [9.17, 15) is 18.8 Å². The van der Waals surface area contributed by atoms with E-state index in [2.05, 4.69) is 10.1 Å². The number of carbonyl (C=O) groups is 1. The monoisotopic (exact) mass is 492 g/mol. The molecule has 3 rings (SSSR count). The molecule has 0 aliphatic rings. The highest BCUT2D eigenvalue weighted by molar-refractivity contribution is 6.34. The van der Waals surface area contributed by atoms with Crippen LogP contribution in [0.4, 0.5) is 15.9 Å². The van der Waals surface area contributed by atoms with Crippen LogP contribution < -0.4 is 21.9 Å². The molecule has 12 heteroatoms. The van der Waals surface area contributed by atoms with Crippen molar-refractivity contribution in [1.29, 1.82) is 0 Å². The average molecular weight is 493 g/mol. The SMILES string of the molecule is CCCn1c(N)c(N(CCOC)C(=O)c2c(C)nn(Cc3ccc(F)cc3)c2Cl)c(=O)[nH]c1=O. The Labute approximate surface area is 199 Å². The molecule has 10 nitrogen and oxygen atoms in total. The first-order chi connectivity index (χ1) is 16.2. The van der Waals surface area contributed by atoms with E-state index in [1.807, 2.05) is 6.92 Å². The molecule has 0 bridgehead atoms. The molecule has 0 aliphatic carbocycles. The smallest absolute Gasteiger partial charge is 0.330 e. The number of anilines is 2. The lowest BCUT2D eigenvalue weighted by Gasteiger charge is -2.24. The Kier molecular flexibility index (Phi) is 7.90. The summed E-state index contributed by atoms with van der Waals surface area (Å²) in [5.41, 5.74) is 5.69. The Morgan fingerprint density at radius 3 is 2.59 bits per heavy atom. The number of amides is 1. The number of H-pyrrole nitrogens is 1. The van der Waals surface area contributed by atoms with Gasteiger partial charge in [0.2, 0.25) is 0 Å². The van der Waals surface area contributed by atoms with E-state index in [0.717, 1.165) is 10.5 Å². The van der Waals surface area contributed by atoms with Gasteiger partial charge in [0.05, 0.1) is 24.4 Å². The van der Waals surface area contributed by atoms with Gasteiger partial charge < -0.3 is 10.5 Å². The van der Waals surface area contributed by atoms with Gasteiger partial charge in [0.15, 0.2) is 5.69 Å². The molecule has 0 unspecified atom stereocenters. The summed E-state index contributed by atoms with van der Waals surface area (Å²) in [4.78, 5) is 42.0. The number of methoxy groups -OCH3 is 1. The van der Waals surface area contributed by atoms with Gasteiger partial charge in [-0.15, -0.1) is 0 Å². The second kappa shape index (κ2) is 10.7. The Hall–Kier alpha value is -3.44. The number of nitrogens with zero attached hydrogens (tertiary/aromatic N) is 4. The molecule has 1 aromatic carbocycles. The van der Waals surface area contributed by atoms with Gasteiger partial charge in [-0.1, -0.05) is 30.7 Å². The van der Waals surface area contributed by atoms with E-state index in [1.165, 1.54) is 28.5 Å². The number of nitrogen functional groups attached to an aromatic ring is 1. The number of aryl methyl sites for hydroxylation is 1. The zero-order chi connectivity index (χ0) is 25.0. The number of nitrogens with two attached hydrogens (primary N) is 1. The zero-order valence-electron chi connectivity index (χ0n) is 19.1. The minimum Gasteiger partial charge on any atom is -0.383 e. The Bertz CT molecular complexity index is 1300. The number of benzene rings is 1. The maximum absolute atomic E-state index is 13.6. The molecule has 34 heavy (non-hydrogen) atoms. The van der Waals surface area contributed by atoms with E-state index < -0.39 is 17.2 Å². The van der Waals surface area contributed by atoms with Crippen LogP contribution in [0.1, 0.15) is 35.0 Å². The summed E-state index contributed by atoms with van der Waals surface area (Å²) in [6, 6.07) is 5.81. The Morgan fingerprint density at radius 2 is 1.97 bits per heavy atom. The van der Waals surface area contributed by atoms with Crippen molar-refractivity contribution in [3.8, 4) is 0 Å². The van der Waals surface area contributed by atoms with Crippen molar-refractivity contribution in [3.05, 3.63) is 72.9 Å². The molecule has 0 saturated carbocycles. The average Bonchev–Trinajstić information content (AvgIpc) is 3.07. The van der Waals surface area contributed by atoms with Crippen LogP contribution in [0.2, 0.25) is 5.15 Å². The van der Waals surface area contributed by atoms with Crippen LogP contribution in [-0.2, 0) is 17.8 Å². The molecule has 3 aromatic rings. The molecule has 182 valence electrons. The number of aromatic amines is 1. The molecular formula is C22H26ClFN6O4. The molecule has 0 aliphatic heterocycles. The van der Waals surface area contributed by atoms with Crippen molar-refractivity contribution in [2.45, 2.75) is 33.4 Å². The van der Waals surface area contributed by atoms with E-state index in [-0.39, 0.29) is 54.3 Å². The second-order valence-corrected chi connectivity index (χ2v) is 7.99. The normalized spacial score (nSPS) is 11.1. The van der Waals surface area contributed by atoms with Crippen LogP contribution in [0.5, 0.6) is 0 Å². The molecular weight excluding hydrogens is 467 g/mol. The van der Waals surface area contributed by atoms with Gasteiger partial charge in [0.1, 0.15) is 16.8 Å². The van der Waals surface area contributed by atoms with Crippen LogP contribution in [0.3, 0.4) is 0 Å². The lowest BCUT2D eigenvalue weighted by atomic mass is 10.2. The van der Waals surface area contributed by atoms with E-state index >= 15 is 0 Å². The fraction of sp³-hybridized carbons (Fsp3) is 0.364. The number of nitrogens with one attached hydrogen (secondary N) is 1. The summed E-state index contributed by atoms with van der Waals surface area (Å²) in [6.45, 7) is 4.00. The fourth-order valence-corrected chi connectivity index (χ4v) is 3.90. The standard InChI is InChI=1S/C22H26ClFN6O4/c1-4-9-29-19(25)17(20(31)26-22(29)33)28(10-11-34-3)21(32)16-13(2)27-30(18(16)23)12-14-5-7-15(24)8-6-14/h5-8H,4,9-12,25H2,1-3H3,(H,26,31,33). The van der Waals surface area contributed by atoms with Crippen molar-refractivity contribution in [2.24, 2.45) is 0 Å². The maximum atomic E-state index is 13.6. The molecule has 0 saturated heterocycles. The van der Waals surface area contributed by atoms with Crippen LogP contribution in [0.15, 0.2) is 33.9 Å². The van der Waals surface area contributed by atoms with Crippen LogP contribution in [0, 0.1) is 12.7 Å². The molecule has 3 N–H and O–H groups in total. The Morgan fingerprint density at radius 1 is 1.29 bits per heavy atom. The molecule has 0 atom stereocenters. The van der Waals surface area contributed by atoms with E-state index in [4.69, 9.17) is 22.1 Å². The summed E-state index contributed by atoms with van der Waals surface area (Å²) < 4.78 is 21.0. The summed E-state index contributed by atoms with van der Waals surface area (Å²) in [5, 5.41) is 4.40. The first kappa shape index (κ1) is 25.2. The third-order valence-electron chi connectivity index (χ3n) is 5.22. The van der Waals surface area contributed by atoms with Crippen molar-refractivity contribution in [3.63, 3.8) is 0 Å². The molecule has 2 heterocycles. The minimum atomic E-state index is -0.799. The number of hydrogen-bond donors (Lipinski definition) is 2. The van der Waals surface area contributed by atoms with Crippen molar-refractivity contribution in [1.82, 2.24) is 19.3 Å². The van der Waals surface area contributed by atoms with Gasteiger partial charge in [-0.2, -0.15) is 5.10 Å². The molecule has 0 spiro atoms. The zero-order valence-corrected chi connectivity index (χ0v) is 19.9. The van der Waals surface area contributed by atoms with Gasteiger partial charge in [0, 0.05) is 20.2 Å². The first-order valence-electron chi connectivity index (χ1n) is 10.6. The number of halogens is 2. The van der Waals surface area contributed by atoms with Crippen molar-refractivity contribution in [2.75, 3.05) is 30.9 Å². The van der Waals surface area contributed by atoms with E-state index in [0.29, 0.717) is 12.1 Å². The van der Waals surface area contributed by atoms with Gasteiger partial charge in [-0.25, -0.2) is 13.9 Å². The predicted molar refractivity (Wildman–Crippen MR) is 127 cm³/mol. The molecule has 0 radical (unpaired) electrons. The van der Waals surface area contributed by atoms with Crippen molar-refractivity contribution < 1.29 is 13.9 Å². The fourth-order valence-electron chi connectivity index (χ4n) is 3.58. The molecule has 2 aromatic heterocycles. The number of aromatic nitrogens is 4. The highest BCUT2D eigenvalue weighted by Crippen LogP contribution is 2.26.